The van der Waals surface area contributed by atoms with Crippen molar-refractivity contribution in [2.45, 2.75) is 162 Å². The van der Waals surface area contributed by atoms with Crippen LogP contribution in [0.4, 0.5) is 0 Å². The van der Waals surface area contributed by atoms with Crippen molar-refractivity contribution in [2.75, 3.05) is 0 Å². The Morgan fingerprint density at radius 1 is 0.622 bits per heavy atom. The molecular weight excluding hydrogens is 466 g/mol. The molecule has 0 spiro atoms. The number of carboxylic acids is 2. The Bertz CT molecular complexity index is 691. The number of aliphatic hydroxyl groups is 1. The van der Waals surface area contributed by atoms with Crippen molar-refractivity contribution in [3.05, 3.63) is 22.5 Å². The maximum absolute atomic E-state index is 11.6. The summed E-state index contributed by atoms with van der Waals surface area (Å²) in [6, 6.07) is 0. The van der Waals surface area contributed by atoms with Crippen molar-refractivity contribution in [1.29, 1.82) is 0 Å². The van der Waals surface area contributed by atoms with Gasteiger partial charge in [-0.05, 0) is 26.7 Å². The predicted octanol–water partition coefficient (Wildman–Crippen LogP) is 8.55. The molecular formula is C31H55NO5. The highest BCUT2D eigenvalue weighted by Gasteiger charge is 2.32. The van der Waals surface area contributed by atoms with Gasteiger partial charge in [-0.2, -0.15) is 0 Å². The molecule has 0 bridgehead atoms. The third kappa shape index (κ3) is 13.5. The minimum atomic E-state index is -1.13. The minimum absolute atomic E-state index is 0.0372. The fourth-order valence-corrected chi connectivity index (χ4v) is 5.42. The van der Waals surface area contributed by atoms with E-state index in [9.17, 15) is 24.9 Å². The van der Waals surface area contributed by atoms with E-state index in [2.05, 4.69) is 6.92 Å². The lowest BCUT2D eigenvalue weighted by Crippen LogP contribution is -2.37. The SMILES string of the molecule is CCCCCCCCCCCCCCCCCCCCCC(O)N1C(C)=C(C(=O)O)CC(C(=O)O)=C1C. The number of allylic oxidation sites excluding steroid dienone is 2. The number of aliphatic hydroxyl groups excluding tert-OH is 1. The van der Waals surface area contributed by atoms with Gasteiger partial charge in [0, 0.05) is 17.8 Å². The lowest BCUT2D eigenvalue weighted by Gasteiger charge is -2.36. The van der Waals surface area contributed by atoms with Gasteiger partial charge in [0.25, 0.3) is 0 Å². The number of carboxylic acid groups (broad SMARTS) is 2. The highest BCUT2D eigenvalue weighted by atomic mass is 16.4. The number of hydrogen-bond donors (Lipinski definition) is 3. The van der Waals surface area contributed by atoms with Crippen molar-refractivity contribution < 1.29 is 24.9 Å². The highest BCUT2D eigenvalue weighted by molar-refractivity contribution is 5.95. The Balaban J connectivity index is 2.07. The van der Waals surface area contributed by atoms with E-state index in [1.807, 2.05) is 0 Å². The Morgan fingerprint density at radius 3 is 1.22 bits per heavy atom. The van der Waals surface area contributed by atoms with Crippen molar-refractivity contribution in [1.82, 2.24) is 4.90 Å². The molecule has 0 aromatic carbocycles. The van der Waals surface area contributed by atoms with Crippen LogP contribution >= 0.6 is 0 Å². The summed E-state index contributed by atoms with van der Waals surface area (Å²) in [5.41, 5.74) is 0.936. The van der Waals surface area contributed by atoms with Gasteiger partial charge < -0.3 is 20.2 Å². The molecule has 214 valence electrons. The van der Waals surface area contributed by atoms with Crippen LogP contribution in [-0.4, -0.2) is 38.4 Å². The largest absolute Gasteiger partial charge is 0.478 e. The molecule has 1 aliphatic rings. The van der Waals surface area contributed by atoms with Gasteiger partial charge in [-0.1, -0.05) is 122 Å². The Hall–Kier alpha value is -1.82. The van der Waals surface area contributed by atoms with Gasteiger partial charge in [0.2, 0.25) is 0 Å². The van der Waals surface area contributed by atoms with Gasteiger partial charge in [-0.25, -0.2) is 9.59 Å². The van der Waals surface area contributed by atoms with Gasteiger partial charge in [-0.3, -0.25) is 0 Å². The molecule has 1 heterocycles. The normalized spacial score (nSPS) is 15.0. The van der Waals surface area contributed by atoms with Crippen LogP contribution in [0.3, 0.4) is 0 Å². The van der Waals surface area contributed by atoms with Crippen molar-refractivity contribution in [2.24, 2.45) is 0 Å². The van der Waals surface area contributed by atoms with Crippen LogP contribution in [0.25, 0.3) is 0 Å². The summed E-state index contributed by atoms with van der Waals surface area (Å²) in [5.74, 6) is -2.27. The molecule has 1 unspecified atom stereocenters. The summed E-state index contributed by atoms with van der Waals surface area (Å²) in [7, 11) is 0. The van der Waals surface area contributed by atoms with Crippen LogP contribution in [0.15, 0.2) is 22.5 Å². The van der Waals surface area contributed by atoms with E-state index in [1.165, 1.54) is 108 Å². The van der Waals surface area contributed by atoms with Gasteiger partial charge in [-0.15, -0.1) is 0 Å². The van der Waals surface area contributed by atoms with Gasteiger partial charge in [0.15, 0.2) is 0 Å². The molecule has 0 radical (unpaired) electrons. The number of hydrogen-bond acceptors (Lipinski definition) is 4. The molecule has 0 aliphatic carbocycles. The molecule has 37 heavy (non-hydrogen) atoms. The van der Waals surface area contributed by atoms with Gasteiger partial charge in [0.05, 0.1) is 11.1 Å². The third-order valence-electron chi connectivity index (χ3n) is 7.83. The second-order valence-corrected chi connectivity index (χ2v) is 10.9. The van der Waals surface area contributed by atoms with Gasteiger partial charge >= 0.3 is 11.9 Å². The standard InChI is InChI=1S/C31H55NO5/c1-4-5-6-7-8-9-10-11-12-13-14-15-16-17-18-19-20-21-22-23-29(33)32-25(2)27(30(34)35)24-28(26(32)3)31(36)37/h29,33H,4-24H2,1-3H3,(H,34,35)(H,36,37). The van der Waals surface area contributed by atoms with Crippen LogP contribution < -0.4 is 0 Å². The first-order valence-corrected chi connectivity index (χ1v) is 15.1. The molecule has 0 fully saturated rings. The smallest absolute Gasteiger partial charge is 0.333 e. The van der Waals surface area contributed by atoms with E-state index in [0.717, 1.165) is 19.3 Å². The number of unbranched alkanes of at least 4 members (excludes halogenated alkanes) is 18. The number of rotatable bonds is 23. The monoisotopic (exact) mass is 521 g/mol. The predicted molar refractivity (Wildman–Crippen MR) is 151 cm³/mol. The average Bonchev–Trinajstić information content (AvgIpc) is 2.85. The molecule has 6 nitrogen and oxygen atoms in total. The van der Waals surface area contributed by atoms with Crippen LogP contribution in [0.2, 0.25) is 0 Å². The molecule has 0 saturated heterocycles. The lowest BCUT2D eigenvalue weighted by atomic mass is 9.95. The van der Waals surface area contributed by atoms with E-state index in [1.54, 1.807) is 13.8 Å². The molecule has 1 atom stereocenters. The van der Waals surface area contributed by atoms with E-state index < -0.39 is 18.2 Å². The van der Waals surface area contributed by atoms with E-state index in [4.69, 9.17) is 0 Å². The zero-order valence-corrected chi connectivity index (χ0v) is 24.0. The quantitative estimate of drug-likeness (QED) is 0.117. The summed E-state index contributed by atoms with van der Waals surface area (Å²) in [5, 5.41) is 29.6. The molecule has 0 saturated carbocycles. The van der Waals surface area contributed by atoms with Crippen LogP contribution in [0.5, 0.6) is 0 Å². The zero-order valence-electron chi connectivity index (χ0n) is 24.0. The lowest BCUT2D eigenvalue weighted by molar-refractivity contribution is -0.133. The summed E-state index contributed by atoms with van der Waals surface area (Å²) in [6.45, 7) is 5.56. The first-order valence-electron chi connectivity index (χ1n) is 15.1. The summed E-state index contributed by atoms with van der Waals surface area (Å²) in [6.07, 6.45) is 24.3. The molecule has 0 amide bonds. The Labute approximate surface area is 226 Å². The highest BCUT2D eigenvalue weighted by Crippen LogP contribution is 2.33. The number of carbonyl (C=O) groups is 2. The summed E-state index contributed by atoms with van der Waals surface area (Å²) in [4.78, 5) is 24.6. The van der Waals surface area contributed by atoms with Crippen molar-refractivity contribution in [3.8, 4) is 0 Å². The van der Waals surface area contributed by atoms with E-state index in [0.29, 0.717) is 17.8 Å². The van der Waals surface area contributed by atoms with E-state index in [-0.39, 0.29) is 17.6 Å². The molecule has 6 heteroatoms. The Morgan fingerprint density at radius 2 is 0.919 bits per heavy atom. The van der Waals surface area contributed by atoms with Gasteiger partial charge in [0.1, 0.15) is 6.23 Å². The summed E-state index contributed by atoms with van der Waals surface area (Å²) < 4.78 is 0. The molecule has 0 aromatic rings. The summed E-state index contributed by atoms with van der Waals surface area (Å²) >= 11 is 0. The maximum Gasteiger partial charge on any atom is 0.333 e. The molecule has 1 aliphatic heterocycles. The van der Waals surface area contributed by atoms with Crippen molar-refractivity contribution >= 4 is 11.9 Å². The average molecular weight is 522 g/mol. The second kappa shape index (κ2) is 20.2. The first-order chi connectivity index (χ1) is 17.8. The zero-order chi connectivity index (χ0) is 27.5. The van der Waals surface area contributed by atoms with Crippen molar-refractivity contribution in [3.63, 3.8) is 0 Å². The molecule has 1 rings (SSSR count). The second-order valence-electron chi connectivity index (χ2n) is 10.9. The first kappa shape index (κ1) is 33.2. The minimum Gasteiger partial charge on any atom is -0.478 e. The van der Waals surface area contributed by atoms with Crippen LogP contribution in [-0.2, 0) is 9.59 Å². The van der Waals surface area contributed by atoms with Crippen LogP contribution in [0.1, 0.15) is 156 Å². The molecule has 3 N–H and O–H groups in total. The number of nitrogens with zero attached hydrogens (tertiary/aromatic N) is 1. The fraction of sp³-hybridized carbons (Fsp3) is 0.806. The fourth-order valence-electron chi connectivity index (χ4n) is 5.42. The third-order valence-corrected chi connectivity index (χ3v) is 7.83. The molecule has 0 aromatic heterocycles. The van der Waals surface area contributed by atoms with E-state index >= 15 is 0 Å². The topological polar surface area (TPSA) is 98.1 Å². The van der Waals surface area contributed by atoms with Crippen LogP contribution in [0, 0.1) is 0 Å². The number of aliphatic carboxylic acids is 2. The maximum atomic E-state index is 11.6. The Kier molecular flexibility index (Phi) is 18.1.